The maximum absolute atomic E-state index is 11.0. The molecular weight excluding hydrogens is 280 g/mol. The molecule has 0 aliphatic carbocycles. The minimum atomic E-state index is -2.09. The average Bonchev–Trinajstić information content (AvgIpc) is 2.85. The third kappa shape index (κ3) is 1.75. The Morgan fingerprint density at radius 3 is 2.90 bits per heavy atom. The van der Waals surface area contributed by atoms with E-state index in [1.165, 1.54) is 6.92 Å². The Hall–Kier alpha value is -2.07. The second-order valence-corrected chi connectivity index (χ2v) is 5.43. The van der Waals surface area contributed by atoms with Crippen LogP contribution >= 0.6 is 0 Å². The Bertz CT molecular complexity index is 547. The molecule has 0 aromatic heterocycles. The number of nitrogens with one attached hydrogen (secondary N) is 1. The molecule has 3 atom stereocenters. The summed E-state index contributed by atoms with van der Waals surface area (Å²) in [7, 11) is 0. The van der Waals surface area contributed by atoms with Gasteiger partial charge in [0.25, 0.3) is 0 Å². The first-order valence-electron chi connectivity index (χ1n) is 6.58. The van der Waals surface area contributed by atoms with Crippen LogP contribution < -0.4 is 16.8 Å². The van der Waals surface area contributed by atoms with Crippen LogP contribution in [0.5, 0.6) is 0 Å². The summed E-state index contributed by atoms with van der Waals surface area (Å²) in [5.41, 5.74) is 10.3. The van der Waals surface area contributed by atoms with Gasteiger partial charge in [0.05, 0.1) is 0 Å². The van der Waals surface area contributed by atoms with Crippen LogP contribution in [0.4, 0.5) is 0 Å². The summed E-state index contributed by atoms with van der Waals surface area (Å²) in [5, 5.41) is 23.6. The Kier molecular flexibility index (Phi) is 2.79. The van der Waals surface area contributed by atoms with Crippen molar-refractivity contribution >= 4 is 17.9 Å². The number of carbonyl (C=O) groups is 1. The van der Waals surface area contributed by atoms with Gasteiger partial charge in [-0.2, -0.15) is 0 Å². The highest BCUT2D eigenvalue weighted by atomic mass is 16.5. The quantitative estimate of drug-likeness (QED) is 0.261. The van der Waals surface area contributed by atoms with Crippen molar-refractivity contribution < 1.29 is 19.7 Å². The normalized spacial score (nSPS) is 36.2. The van der Waals surface area contributed by atoms with Gasteiger partial charge in [-0.1, -0.05) is 0 Å². The number of guanidine groups is 2. The highest BCUT2D eigenvalue weighted by Gasteiger charge is 2.69. The predicted octanol–water partition coefficient (Wildman–Crippen LogP) is -3.38. The predicted molar refractivity (Wildman–Crippen MR) is 71.8 cm³/mol. The summed E-state index contributed by atoms with van der Waals surface area (Å²) in [6, 6.07) is -1.36. The molecule has 3 aliphatic rings. The number of nitrogens with zero attached hydrogens (tertiary/aromatic N) is 3. The number of aliphatic hydroxyl groups is 2. The molecule has 0 aromatic carbocycles. The minimum Gasteiger partial charge on any atom is -0.464 e. The van der Waals surface area contributed by atoms with E-state index >= 15 is 0 Å². The van der Waals surface area contributed by atoms with Crippen molar-refractivity contribution in [2.75, 3.05) is 13.2 Å². The van der Waals surface area contributed by atoms with E-state index in [-0.39, 0.29) is 24.9 Å². The molecule has 1 spiro atoms. The maximum Gasteiger partial charge on any atom is 0.302 e. The van der Waals surface area contributed by atoms with Gasteiger partial charge in [-0.15, -0.1) is 0 Å². The van der Waals surface area contributed by atoms with Crippen molar-refractivity contribution in [3.8, 4) is 0 Å². The van der Waals surface area contributed by atoms with Crippen LogP contribution in [-0.2, 0) is 9.53 Å². The Morgan fingerprint density at radius 2 is 2.24 bits per heavy atom. The molecule has 0 bridgehead atoms. The fourth-order valence-electron chi connectivity index (χ4n) is 3.26. The Morgan fingerprint density at radius 1 is 1.52 bits per heavy atom. The summed E-state index contributed by atoms with van der Waals surface area (Å²) < 4.78 is 4.97. The standard InChI is InChI=1S/C11H18N6O4/c1-5(18)21-4-6-7-11(16-8(12)15-7)10(19,20)2-3-17(11)9(13)14-6/h6-7,19-20H,2-4H2,1H3,(H2,13,14)(H3,12,15,16)/t6-,7-,11?/m0/s1. The van der Waals surface area contributed by atoms with E-state index in [2.05, 4.69) is 15.3 Å². The first-order valence-corrected chi connectivity index (χ1v) is 6.58. The molecule has 1 unspecified atom stereocenters. The van der Waals surface area contributed by atoms with Crippen LogP contribution in [0.1, 0.15) is 13.3 Å². The van der Waals surface area contributed by atoms with E-state index in [0.29, 0.717) is 6.54 Å². The van der Waals surface area contributed by atoms with Crippen molar-refractivity contribution in [1.82, 2.24) is 10.2 Å². The molecule has 10 heteroatoms. The van der Waals surface area contributed by atoms with Gasteiger partial charge in [-0.25, -0.2) is 9.98 Å². The van der Waals surface area contributed by atoms with Crippen LogP contribution in [0.25, 0.3) is 0 Å². The van der Waals surface area contributed by atoms with Crippen molar-refractivity contribution in [2.24, 2.45) is 21.5 Å². The lowest BCUT2D eigenvalue weighted by molar-refractivity contribution is -0.221. The summed E-state index contributed by atoms with van der Waals surface area (Å²) in [4.78, 5) is 21.0. The largest absolute Gasteiger partial charge is 0.464 e. The average molecular weight is 298 g/mol. The summed E-state index contributed by atoms with van der Waals surface area (Å²) in [6.07, 6.45) is 0.0653. The first kappa shape index (κ1) is 13.9. The molecule has 116 valence electrons. The zero-order valence-corrected chi connectivity index (χ0v) is 11.5. The number of nitrogens with two attached hydrogens (primary N) is 2. The van der Waals surface area contributed by atoms with Gasteiger partial charge in [0, 0.05) is 19.9 Å². The third-order valence-electron chi connectivity index (χ3n) is 4.14. The molecular formula is C11H18N6O4. The molecule has 3 rings (SSSR count). The van der Waals surface area contributed by atoms with Crippen molar-refractivity contribution in [1.29, 1.82) is 0 Å². The zero-order chi connectivity index (χ0) is 15.4. The van der Waals surface area contributed by atoms with Crippen molar-refractivity contribution in [2.45, 2.75) is 36.9 Å². The summed E-state index contributed by atoms with van der Waals surface area (Å²) in [5.74, 6) is -2.35. The number of esters is 1. The molecule has 0 radical (unpaired) electrons. The minimum absolute atomic E-state index is 0.0647. The fourth-order valence-corrected chi connectivity index (χ4v) is 3.26. The Balaban J connectivity index is 2.01. The monoisotopic (exact) mass is 298 g/mol. The second kappa shape index (κ2) is 4.21. The number of hydrogen-bond donors (Lipinski definition) is 5. The van der Waals surface area contributed by atoms with E-state index in [1.807, 2.05) is 0 Å². The van der Waals surface area contributed by atoms with Crippen LogP contribution in [-0.4, -0.2) is 69.7 Å². The van der Waals surface area contributed by atoms with Crippen LogP contribution in [0.15, 0.2) is 9.98 Å². The molecule has 21 heavy (non-hydrogen) atoms. The molecule has 3 heterocycles. The number of aliphatic imine (C=N–C) groups is 2. The van der Waals surface area contributed by atoms with E-state index in [1.54, 1.807) is 4.90 Å². The molecule has 7 N–H and O–H groups in total. The smallest absolute Gasteiger partial charge is 0.302 e. The molecule has 1 fully saturated rings. The van der Waals surface area contributed by atoms with Crippen LogP contribution in [0, 0.1) is 0 Å². The lowest BCUT2D eigenvalue weighted by atomic mass is 9.87. The van der Waals surface area contributed by atoms with E-state index < -0.39 is 29.5 Å². The van der Waals surface area contributed by atoms with E-state index in [9.17, 15) is 15.0 Å². The third-order valence-corrected chi connectivity index (χ3v) is 4.14. The second-order valence-electron chi connectivity index (χ2n) is 5.43. The van der Waals surface area contributed by atoms with E-state index in [4.69, 9.17) is 16.2 Å². The summed E-state index contributed by atoms with van der Waals surface area (Å²) in [6.45, 7) is 1.51. The first-order chi connectivity index (χ1) is 9.78. The molecule has 3 aliphatic heterocycles. The molecule has 0 amide bonds. The number of carbonyl (C=O) groups excluding carboxylic acids is 1. The lowest BCUT2D eigenvalue weighted by Crippen LogP contribution is -2.76. The molecule has 0 saturated carbocycles. The topological polar surface area (TPSA) is 159 Å². The Labute approximate surface area is 120 Å². The van der Waals surface area contributed by atoms with Gasteiger partial charge in [-0.3, -0.25) is 4.79 Å². The molecule has 10 nitrogen and oxygen atoms in total. The van der Waals surface area contributed by atoms with Crippen LogP contribution in [0.2, 0.25) is 0 Å². The maximum atomic E-state index is 11.0. The van der Waals surface area contributed by atoms with Gasteiger partial charge in [-0.05, 0) is 0 Å². The summed E-state index contributed by atoms with van der Waals surface area (Å²) >= 11 is 0. The fraction of sp³-hybridized carbons (Fsp3) is 0.727. The van der Waals surface area contributed by atoms with E-state index in [0.717, 1.165) is 0 Å². The number of rotatable bonds is 2. The van der Waals surface area contributed by atoms with Crippen LogP contribution in [0.3, 0.4) is 0 Å². The van der Waals surface area contributed by atoms with Gasteiger partial charge in [0.2, 0.25) is 5.79 Å². The van der Waals surface area contributed by atoms with Crippen molar-refractivity contribution in [3.05, 3.63) is 0 Å². The van der Waals surface area contributed by atoms with Crippen molar-refractivity contribution in [3.63, 3.8) is 0 Å². The lowest BCUT2D eigenvalue weighted by Gasteiger charge is -2.48. The zero-order valence-electron chi connectivity index (χ0n) is 11.5. The van der Waals surface area contributed by atoms with Gasteiger partial charge in [0.1, 0.15) is 18.7 Å². The van der Waals surface area contributed by atoms with Gasteiger partial charge in [0.15, 0.2) is 17.6 Å². The number of ether oxygens (including phenoxy) is 1. The van der Waals surface area contributed by atoms with Gasteiger partial charge >= 0.3 is 5.97 Å². The molecule has 0 aromatic rings. The SMILES string of the molecule is CC(=O)OC[C@@H]1N=C(N)N2CCC(O)(O)C23NC(N)=N[C@@H]13. The molecule has 1 saturated heterocycles. The van der Waals surface area contributed by atoms with Gasteiger partial charge < -0.3 is 36.6 Å². The number of hydrogen-bond acceptors (Lipinski definition) is 10. The highest BCUT2D eigenvalue weighted by molar-refractivity contribution is 5.87. The highest BCUT2D eigenvalue weighted by Crippen LogP contribution is 2.44.